The predicted molar refractivity (Wildman–Crippen MR) is 117 cm³/mol. The standard InChI is InChI=1S/C24H31N3O2/c1-17(2)25-24(29)21-10-6-7-11-22(21)26-23(28)19-12-14-27(15-13-19)16-20-9-5-4-8-18(20)3/h4-11,17,19H,12-16H2,1-3H3,(H,25,29)(H,26,28). The number of hydrogen-bond acceptors (Lipinski definition) is 3. The van der Waals surface area contributed by atoms with Gasteiger partial charge in [-0.3, -0.25) is 14.5 Å². The zero-order chi connectivity index (χ0) is 20.8. The predicted octanol–water partition coefficient (Wildman–Crippen LogP) is 3.98. The molecular weight excluding hydrogens is 362 g/mol. The first-order chi connectivity index (χ1) is 13.9. The lowest BCUT2D eigenvalue weighted by atomic mass is 9.95. The van der Waals surface area contributed by atoms with Gasteiger partial charge in [-0.1, -0.05) is 36.4 Å². The van der Waals surface area contributed by atoms with Crippen LogP contribution in [-0.4, -0.2) is 35.8 Å². The molecule has 0 radical (unpaired) electrons. The molecule has 5 nitrogen and oxygen atoms in total. The first-order valence-electron chi connectivity index (χ1n) is 10.4. The van der Waals surface area contributed by atoms with Crippen molar-refractivity contribution in [2.75, 3.05) is 18.4 Å². The maximum absolute atomic E-state index is 12.8. The Hall–Kier alpha value is -2.66. The summed E-state index contributed by atoms with van der Waals surface area (Å²) in [7, 11) is 0. The van der Waals surface area contributed by atoms with Crippen LogP contribution in [0.15, 0.2) is 48.5 Å². The zero-order valence-corrected chi connectivity index (χ0v) is 17.6. The van der Waals surface area contributed by atoms with Crippen LogP contribution in [0.25, 0.3) is 0 Å². The molecule has 1 fully saturated rings. The van der Waals surface area contributed by atoms with E-state index < -0.39 is 0 Å². The SMILES string of the molecule is Cc1ccccc1CN1CCC(C(=O)Nc2ccccc2C(=O)NC(C)C)CC1. The summed E-state index contributed by atoms with van der Waals surface area (Å²) in [6.07, 6.45) is 1.66. The molecule has 0 aromatic heterocycles. The Bertz CT molecular complexity index is 855. The molecule has 154 valence electrons. The summed E-state index contributed by atoms with van der Waals surface area (Å²) in [5.41, 5.74) is 3.74. The molecule has 2 N–H and O–H groups in total. The molecule has 1 aliphatic rings. The average molecular weight is 394 g/mol. The largest absolute Gasteiger partial charge is 0.350 e. The van der Waals surface area contributed by atoms with Gasteiger partial charge in [-0.05, 0) is 70.0 Å². The topological polar surface area (TPSA) is 61.4 Å². The number of anilines is 1. The molecule has 0 bridgehead atoms. The third-order valence-electron chi connectivity index (χ3n) is 5.46. The molecule has 5 heteroatoms. The lowest BCUT2D eigenvalue weighted by Gasteiger charge is -2.31. The number of rotatable bonds is 6. The summed E-state index contributed by atoms with van der Waals surface area (Å²) < 4.78 is 0. The summed E-state index contributed by atoms with van der Waals surface area (Å²) in [6, 6.07) is 15.7. The molecule has 2 amide bonds. The van der Waals surface area contributed by atoms with Crippen molar-refractivity contribution in [2.45, 2.75) is 46.2 Å². The number of aryl methyl sites for hydroxylation is 1. The van der Waals surface area contributed by atoms with Crippen molar-refractivity contribution in [2.24, 2.45) is 5.92 Å². The number of carbonyl (C=O) groups is 2. The zero-order valence-electron chi connectivity index (χ0n) is 17.6. The average Bonchev–Trinajstić information content (AvgIpc) is 2.70. The lowest BCUT2D eigenvalue weighted by molar-refractivity contribution is -0.121. The van der Waals surface area contributed by atoms with Crippen molar-refractivity contribution in [3.05, 3.63) is 65.2 Å². The van der Waals surface area contributed by atoms with E-state index in [1.54, 1.807) is 12.1 Å². The third kappa shape index (κ3) is 5.67. The van der Waals surface area contributed by atoms with Gasteiger partial charge in [0.1, 0.15) is 0 Å². The highest BCUT2D eigenvalue weighted by molar-refractivity contribution is 6.04. The molecule has 2 aromatic carbocycles. The maximum atomic E-state index is 12.8. The number of piperidine rings is 1. The number of nitrogens with one attached hydrogen (secondary N) is 2. The van der Waals surface area contributed by atoms with Crippen LogP contribution >= 0.6 is 0 Å². The van der Waals surface area contributed by atoms with Gasteiger partial charge < -0.3 is 10.6 Å². The number of nitrogens with zero attached hydrogens (tertiary/aromatic N) is 1. The van der Waals surface area contributed by atoms with Crippen LogP contribution in [0.5, 0.6) is 0 Å². The van der Waals surface area contributed by atoms with Crippen molar-refractivity contribution in [3.63, 3.8) is 0 Å². The normalized spacial score (nSPS) is 15.3. The summed E-state index contributed by atoms with van der Waals surface area (Å²) in [5, 5.41) is 5.88. The van der Waals surface area contributed by atoms with Gasteiger partial charge in [0.15, 0.2) is 0 Å². The summed E-state index contributed by atoms with van der Waals surface area (Å²) in [6.45, 7) is 8.72. The van der Waals surface area contributed by atoms with Gasteiger partial charge >= 0.3 is 0 Å². The van der Waals surface area contributed by atoms with E-state index in [2.05, 4.69) is 46.7 Å². The molecule has 1 saturated heterocycles. The molecule has 0 atom stereocenters. The number of likely N-dealkylation sites (tertiary alicyclic amines) is 1. The number of benzene rings is 2. The van der Waals surface area contributed by atoms with E-state index in [0.717, 1.165) is 32.5 Å². The second-order valence-corrected chi connectivity index (χ2v) is 8.14. The second kappa shape index (κ2) is 9.70. The molecular formula is C24H31N3O2. The van der Waals surface area contributed by atoms with Crippen molar-refractivity contribution >= 4 is 17.5 Å². The number of para-hydroxylation sites is 1. The van der Waals surface area contributed by atoms with Crippen LogP contribution in [0.4, 0.5) is 5.69 Å². The Morgan fingerprint density at radius 3 is 2.38 bits per heavy atom. The van der Waals surface area contributed by atoms with E-state index in [1.807, 2.05) is 26.0 Å². The molecule has 0 spiro atoms. The fraction of sp³-hybridized carbons (Fsp3) is 0.417. The number of carbonyl (C=O) groups excluding carboxylic acids is 2. The minimum absolute atomic E-state index is 0.00494. The second-order valence-electron chi connectivity index (χ2n) is 8.14. The molecule has 1 aliphatic heterocycles. The van der Waals surface area contributed by atoms with Crippen molar-refractivity contribution in [1.82, 2.24) is 10.2 Å². The van der Waals surface area contributed by atoms with E-state index in [-0.39, 0.29) is 23.8 Å². The Balaban J connectivity index is 1.57. The fourth-order valence-corrected chi connectivity index (χ4v) is 3.75. The maximum Gasteiger partial charge on any atom is 0.253 e. The third-order valence-corrected chi connectivity index (χ3v) is 5.46. The minimum Gasteiger partial charge on any atom is -0.350 e. The van der Waals surface area contributed by atoms with Crippen molar-refractivity contribution in [1.29, 1.82) is 0 Å². The monoisotopic (exact) mass is 393 g/mol. The van der Waals surface area contributed by atoms with E-state index in [0.29, 0.717) is 11.3 Å². The van der Waals surface area contributed by atoms with Crippen LogP contribution in [0, 0.1) is 12.8 Å². The lowest BCUT2D eigenvalue weighted by Crippen LogP contribution is -2.38. The molecule has 0 aliphatic carbocycles. The van der Waals surface area contributed by atoms with E-state index in [9.17, 15) is 9.59 Å². The van der Waals surface area contributed by atoms with Gasteiger partial charge in [-0.25, -0.2) is 0 Å². The van der Waals surface area contributed by atoms with Crippen LogP contribution in [-0.2, 0) is 11.3 Å². The van der Waals surface area contributed by atoms with Crippen molar-refractivity contribution in [3.8, 4) is 0 Å². The summed E-state index contributed by atoms with van der Waals surface area (Å²) in [4.78, 5) is 27.6. The number of amides is 2. The van der Waals surface area contributed by atoms with Crippen LogP contribution < -0.4 is 10.6 Å². The van der Waals surface area contributed by atoms with Gasteiger partial charge in [0.05, 0.1) is 11.3 Å². The Kier molecular flexibility index (Phi) is 7.04. The van der Waals surface area contributed by atoms with Crippen LogP contribution in [0.2, 0.25) is 0 Å². The highest BCUT2D eigenvalue weighted by Crippen LogP contribution is 2.23. The molecule has 0 saturated carbocycles. The number of hydrogen-bond donors (Lipinski definition) is 2. The van der Waals surface area contributed by atoms with E-state index >= 15 is 0 Å². The minimum atomic E-state index is -0.163. The van der Waals surface area contributed by atoms with Gasteiger partial charge in [0, 0.05) is 18.5 Å². The highest BCUT2D eigenvalue weighted by Gasteiger charge is 2.26. The molecule has 3 rings (SSSR count). The van der Waals surface area contributed by atoms with Crippen LogP contribution in [0.3, 0.4) is 0 Å². The molecule has 2 aromatic rings. The van der Waals surface area contributed by atoms with Gasteiger partial charge in [-0.15, -0.1) is 0 Å². The highest BCUT2D eigenvalue weighted by atomic mass is 16.2. The van der Waals surface area contributed by atoms with Crippen molar-refractivity contribution < 1.29 is 9.59 Å². The fourth-order valence-electron chi connectivity index (χ4n) is 3.75. The van der Waals surface area contributed by atoms with E-state index in [4.69, 9.17) is 0 Å². The van der Waals surface area contributed by atoms with Gasteiger partial charge in [-0.2, -0.15) is 0 Å². The Labute approximate surface area is 173 Å². The smallest absolute Gasteiger partial charge is 0.253 e. The van der Waals surface area contributed by atoms with E-state index in [1.165, 1.54) is 11.1 Å². The molecule has 29 heavy (non-hydrogen) atoms. The summed E-state index contributed by atoms with van der Waals surface area (Å²) in [5.74, 6) is -0.182. The first-order valence-corrected chi connectivity index (χ1v) is 10.4. The first kappa shape index (κ1) is 21.1. The molecule has 0 unspecified atom stereocenters. The quantitative estimate of drug-likeness (QED) is 0.780. The van der Waals surface area contributed by atoms with Gasteiger partial charge in [0.25, 0.3) is 5.91 Å². The Morgan fingerprint density at radius 1 is 1.03 bits per heavy atom. The Morgan fingerprint density at radius 2 is 1.69 bits per heavy atom. The molecule has 1 heterocycles. The summed E-state index contributed by atoms with van der Waals surface area (Å²) >= 11 is 0. The van der Waals surface area contributed by atoms with Crippen LogP contribution in [0.1, 0.15) is 48.2 Å². The van der Waals surface area contributed by atoms with Gasteiger partial charge in [0.2, 0.25) is 5.91 Å².